The number of rotatable bonds is 12. The highest BCUT2D eigenvalue weighted by Crippen LogP contribution is 2.10. The number of hydrogen-bond acceptors (Lipinski definition) is 2. The molecule has 0 aliphatic carbocycles. The summed E-state index contributed by atoms with van der Waals surface area (Å²) < 4.78 is 5.52. The Hall–Kier alpha value is -0.0800. The summed E-state index contributed by atoms with van der Waals surface area (Å²) in [5.41, 5.74) is 0. The largest absolute Gasteiger partial charge is 0.367 e. The van der Waals surface area contributed by atoms with Gasteiger partial charge in [-0.2, -0.15) is 0 Å². The van der Waals surface area contributed by atoms with Gasteiger partial charge in [-0.05, 0) is 25.7 Å². The number of ether oxygens (including phenoxy) is 1. The first-order valence-electron chi connectivity index (χ1n) is 7.57. The van der Waals surface area contributed by atoms with E-state index in [-0.39, 0.29) is 6.23 Å². The lowest BCUT2D eigenvalue weighted by molar-refractivity contribution is 0.0523. The van der Waals surface area contributed by atoms with E-state index in [1.54, 1.807) is 0 Å². The van der Waals surface area contributed by atoms with Crippen LogP contribution in [0.5, 0.6) is 0 Å². The second-order valence-electron chi connectivity index (χ2n) is 4.99. The van der Waals surface area contributed by atoms with E-state index in [9.17, 15) is 0 Å². The van der Waals surface area contributed by atoms with Gasteiger partial charge in [0.1, 0.15) is 6.23 Å². The van der Waals surface area contributed by atoms with Crippen LogP contribution in [-0.4, -0.2) is 19.4 Å². The third-order valence-electron chi connectivity index (χ3n) is 3.42. The summed E-state index contributed by atoms with van der Waals surface area (Å²) in [5, 5.41) is 3.65. The summed E-state index contributed by atoms with van der Waals surface area (Å²) in [6.07, 6.45) is 11.8. The van der Waals surface area contributed by atoms with Gasteiger partial charge in [-0.3, -0.25) is 5.32 Å². The number of hydrogen-bond donors (Lipinski definition) is 1. The van der Waals surface area contributed by atoms with Crippen LogP contribution in [0.4, 0.5) is 0 Å². The molecular formula is C15H33NO. The first-order chi connectivity index (χ1) is 8.28. The summed E-state index contributed by atoms with van der Waals surface area (Å²) in [5.74, 6) is 0. The van der Waals surface area contributed by atoms with Crippen molar-refractivity contribution >= 4 is 0 Å². The van der Waals surface area contributed by atoms with Crippen molar-refractivity contribution in [2.24, 2.45) is 0 Å². The summed E-state index contributed by atoms with van der Waals surface area (Å²) in [4.78, 5) is 0. The zero-order valence-corrected chi connectivity index (χ0v) is 12.4. The average molecular weight is 243 g/mol. The Morgan fingerprint density at radius 2 is 1.47 bits per heavy atom. The molecule has 0 radical (unpaired) electrons. The van der Waals surface area contributed by atoms with Crippen molar-refractivity contribution < 1.29 is 4.74 Å². The molecule has 2 unspecified atom stereocenters. The molecule has 0 aliphatic heterocycles. The smallest absolute Gasteiger partial charge is 0.107 e. The molecule has 0 rings (SSSR count). The minimum atomic E-state index is 0.258. The topological polar surface area (TPSA) is 21.3 Å². The van der Waals surface area contributed by atoms with Crippen LogP contribution in [0, 0.1) is 0 Å². The van der Waals surface area contributed by atoms with E-state index in [2.05, 4.69) is 26.1 Å². The van der Waals surface area contributed by atoms with Crippen molar-refractivity contribution in [3.8, 4) is 0 Å². The third kappa shape index (κ3) is 9.61. The number of unbranched alkanes of at least 4 members (excludes halogenated alkanes) is 4. The molecule has 0 saturated heterocycles. The first-order valence-corrected chi connectivity index (χ1v) is 7.57. The van der Waals surface area contributed by atoms with E-state index in [4.69, 9.17) is 4.74 Å². The number of nitrogens with one attached hydrogen (secondary N) is 1. The maximum absolute atomic E-state index is 5.52. The maximum atomic E-state index is 5.52. The highest BCUT2D eigenvalue weighted by Gasteiger charge is 2.12. The fourth-order valence-corrected chi connectivity index (χ4v) is 2.16. The Balaban J connectivity index is 3.77. The molecule has 0 aromatic carbocycles. The molecule has 17 heavy (non-hydrogen) atoms. The van der Waals surface area contributed by atoms with Gasteiger partial charge in [-0.1, -0.05) is 52.9 Å². The molecule has 2 heteroatoms. The fraction of sp³-hybridized carbons (Fsp3) is 1.00. The SMILES string of the molecule is CCCCCC(CC)NC(CCCCC)OC. The van der Waals surface area contributed by atoms with E-state index in [1.807, 2.05) is 7.11 Å². The summed E-state index contributed by atoms with van der Waals surface area (Å²) >= 11 is 0. The molecule has 1 N–H and O–H groups in total. The molecule has 104 valence electrons. The van der Waals surface area contributed by atoms with Crippen LogP contribution in [0.15, 0.2) is 0 Å². The zero-order chi connectivity index (χ0) is 12.9. The van der Waals surface area contributed by atoms with Gasteiger partial charge in [-0.25, -0.2) is 0 Å². The van der Waals surface area contributed by atoms with Gasteiger partial charge < -0.3 is 4.74 Å². The van der Waals surface area contributed by atoms with E-state index in [0.717, 1.165) is 6.42 Å². The van der Waals surface area contributed by atoms with E-state index in [0.29, 0.717) is 6.04 Å². The van der Waals surface area contributed by atoms with Crippen LogP contribution >= 0.6 is 0 Å². The summed E-state index contributed by atoms with van der Waals surface area (Å²) in [6, 6.07) is 0.633. The van der Waals surface area contributed by atoms with Gasteiger partial charge in [0, 0.05) is 13.2 Å². The minimum Gasteiger partial charge on any atom is -0.367 e. The molecule has 2 atom stereocenters. The fourth-order valence-electron chi connectivity index (χ4n) is 2.16. The van der Waals surface area contributed by atoms with E-state index in [1.165, 1.54) is 51.4 Å². The predicted molar refractivity (Wildman–Crippen MR) is 76.3 cm³/mol. The number of methoxy groups -OCH3 is 1. The third-order valence-corrected chi connectivity index (χ3v) is 3.42. The van der Waals surface area contributed by atoms with E-state index >= 15 is 0 Å². The highest BCUT2D eigenvalue weighted by molar-refractivity contribution is 4.68. The molecule has 0 saturated carbocycles. The Morgan fingerprint density at radius 3 is 1.94 bits per heavy atom. The predicted octanol–water partition coefficient (Wildman–Crippen LogP) is 4.49. The van der Waals surface area contributed by atoms with Crippen molar-refractivity contribution in [1.29, 1.82) is 0 Å². The van der Waals surface area contributed by atoms with Crippen LogP contribution in [0.25, 0.3) is 0 Å². The molecule has 0 amide bonds. The van der Waals surface area contributed by atoms with Crippen LogP contribution in [0.3, 0.4) is 0 Å². The normalized spacial score (nSPS) is 14.8. The molecule has 0 heterocycles. The lowest BCUT2D eigenvalue weighted by Crippen LogP contribution is -2.39. The van der Waals surface area contributed by atoms with Crippen molar-refractivity contribution in [3.05, 3.63) is 0 Å². The second kappa shape index (κ2) is 12.4. The molecule has 2 nitrogen and oxygen atoms in total. The van der Waals surface area contributed by atoms with E-state index < -0.39 is 0 Å². The first kappa shape index (κ1) is 16.9. The molecular weight excluding hydrogens is 210 g/mol. The van der Waals surface area contributed by atoms with Crippen molar-refractivity contribution in [2.45, 2.75) is 90.8 Å². The maximum Gasteiger partial charge on any atom is 0.107 e. The molecule has 0 aliphatic rings. The van der Waals surface area contributed by atoms with Gasteiger partial charge in [-0.15, -0.1) is 0 Å². The molecule has 0 fully saturated rings. The van der Waals surface area contributed by atoms with Crippen LogP contribution in [0.1, 0.15) is 78.6 Å². The Bertz CT molecular complexity index is 134. The van der Waals surface area contributed by atoms with Crippen molar-refractivity contribution in [3.63, 3.8) is 0 Å². The minimum absolute atomic E-state index is 0.258. The van der Waals surface area contributed by atoms with Gasteiger partial charge in [0.2, 0.25) is 0 Å². The standard InChI is InChI=1S/C15H33NO/c1-5-8-10-12-14(7-3)16-15(17-4)13-11-9-6-2/h14-16H,5-13H2,1-4H3. The molecule has 0 spiro atoms. The van der Waals surface area contributed by atoms with Crippen LogP contribution < -0.4 is 5.32 Å². The van der Waals surface area contributed by atoms with Gasteiger partial charge in [0.15, 0.2) is 0 Å². The van der Waals surface area contributed by atoms with Crippen molar-refractivity contribution in [2.75, 3.05) is 7.11 Å². The second-order valence-corrected chi connectivity index (χ2v) is 4.99. The summed E-state index contributed by atoms with van der Waals surface area (Å²) in [7, 11) is 1.82. The molecule has 0 bridgehead atoms. The lowest BCUT2D eigenvalue weighted by Gasteiger charge is -2.24. The Morgan fingerprint density at radius 1 is 0.882 bits per heavy atom. The van der Waals surface area contributed by atoms with Crippen molar-refractivity contribution in [1.82, 2.24) is 5.32 Å². The van der Waals surface area contributed by atoms with Crippen LogP contribution in [0.2, 0.25) is 0 Å². The van der Waals surface area contributed by atoms with Crippen LogP contribution in [-0.2, 0) is 4.74 Å². The molecule has 0 aromatic rings. The lowest BCUT2D eigenvalue weighted by atomic mass is 10.1. The Labute approximate surface area is 109 Å². The quantitative estimate of drug-likeness (QED) is 0.403. The highest BCUT2D eigenvalue weighted by atomic mass is 16.5. The van der Waals surface area contributed by atoms with Gasteiger partial charge >= 0.3 is 0 Å². The molecule has 0 aromatic heterocycles. The van der Waals surface area contributed by atoms with Gasteiger partial charge in [0.25, 0.3) is 0 Å². The zero-order valence-electron chi connectivity index (χ0n) is 12.4. The summed E-state index contributed by atoms with van der Waals surface area (Å²) in [6.45, 7) is 6.77. The monoisotopic (exact) mass is 243 g/mol. The Kier molecular flexibility index (Phi) is 12.3. The average Bonchev–Trinajstić information content (AvgIpc) is 2.36. The van der Waals surface area contributed by atoms with Gasteiger partial charge in [0.05, 0.1) is 0 Å².